The Morgan fingerprint density at radius 2 is 2.00 bits per heavy atom. The number of sulfone groups is 1. The van der Waals surface area contributed by atoms with E-state index in [1.54, 1.807) is 6.07 Å². The van der Waals surface area contributed by atoms with Gasteiger partial charge in [0.05, 0.1) is 18.6 Å². The van der Waals surface area contributed by atoms with Gasteiger partial charge in [-0.1, -0.05) is 23.2 Å². The van der Waals surface area contributed by atoms with Crippen molar-refractivity contribution < 1.29 is 23.0 Å². The minimum atomic E-state index is -4.26. The Morgan fingerprint density at radius 3 is 2.40 bits per heavy atom. The van der Waals surface area contributed by atoms with Gasteiger partial charge in [-0.25, -0.2) is 23.3 Å². The number of nitrogens with zero attached hydrogens (tertiary/aromatic N) is 2. The van der Waals surface area contributed by atoms with Gasteiger partial charge in [0, 0.05) is 6.42 Å². The number of hydrogen-bond donors (Lipinski definition) is 0. The molecule has 1 aromatic carbocycles. The van der Waals surface area contributed by atoms with E-state index in [0.29, 0.717) is 5.01 Å². The second kappa shape index (κ2) is 4.75. The number of methoxy groups -OCH3 is 1. The molecule has 9 heteroatoms. The van der Waals surface area contributed by atoms with Crippen molar-refractivity contribution in [3.63, 3.8) is 0 Å². The quantitative estimate of drug-likeness (QED) is 0.445. The molecule has 1 fully saturated rings. The Bertz CT molecular complexity index is 644. The molecule has 0 saturated carbocycles. The predicted octanol–water partition coefficient (Wildman–Crippen LogP) is 0.227. The molecule has 1 aliphatic rings. The lowest BCUT2D eigenvalue weighted by atomic mass is 10.1. The largest absolute Gasteiger partial charge is 0.466 e. The molecule has 1 saturated heterocycles. The zero-order valence-electron chi connectivity index (χ0n) is 10.6. The van der Waals surface area contributed by atoms with Crippen LogP contribution in [0.3, 0.4) is 0 Å². The number of rotatable bonds is 4. The van der Waals surface area contributed by atoms with Crippen LogP contribution in [0.1, 0.15) is 6.42 Å². The van der Waals surface area contributed by atoms with E-state index in [1.165, 1.54) is 24.3 Å². The van der Waals surface area contributed by atoms with Crippen molar-refractivity contribution in [3.8, 4) is 0 Å². The Kier molecular flexibility index (Phi) is 3.38. The Morgan fingerprint density at radius 1 is 1.40 bits per heavy atom. The first-order valence-corrected chi connectivity index (χ1v) is 7.16. The second-order valence-corrected chi connectivity index (χ2v) is 6.36. The van der Waals surface area contributed by atoms with E-state index in [1.807, 2.05) is 0 Å². The van der Waals surface area contributed by atoms with E-state index in [2.05, 4.69) is 4.74 Å². The van der Waals surface area contributed by atoms with Gasteiger partial charge in [0.25, 0.3) is 0 Å². The second-order valence-electron chi connectivity index (χ2n) is 4.20. The molecule has 0 N–H and O–H groups in total. The minimum absolute atomic E-state index is 0.131. The zero-order chi connectivity index (χ0) is 15.0. The number of carbonyl (C=O) groups is 1. The first-order valence-electron chi connectivity index (χ1n) is 5.68. The van der Waals surface area contributed by atoms with Gasteiger partial charge in [-0.2, -0.15) is 0 Å². The normalized spacial score (nSPS) is 21.9. The average molecular weight is 300 g/mol. The van der Waals surface area contributed by atoms with E-state index in [-0.39, 0.29) is 17.9 Å². The lowest BCUT2D eigenvalue weighted by molar-refractivity contribution is -0.681. The van der Waals surface area contributed by atoms with Crippen LogP contribution in [-0.2, 0) is 19.4 Å². The molecule has 0 aromatic heterocycles. The van der Waals surface area contributed by atoms with Gasteiger partial charge in [-0.05, 0) is 12.1 Å². The molecule has 8 nitrogen and oxygen atoms in total. The average Bonchev–Trinajstić information content (AvgIpc) is 2.37. The maximum atomic E-state index is 12.6. The van der Waals surface area contributed by atoms with Gasteiger partial charge in [-0.3, -0.25) is 0 Å². The number of ether oxygens (including phenoxy) is 1. The standard InChI is InChI=1S/C11H12N2O6S/c1-19-10(14)11(7-8-12(11)13(15)16)20(17,18)9-5-3-2-4-6-9/h2-6H,7-8H2,1H3. The van der Waals surface area contributed by atoms with Gasteiger partial charge in [-0.15, -0.1) is 0 Å². The summed E-state index contributed by atoms with van der Waals surface area (Å²) in [5.41, 5.74) is 0. The van der Waals surface area contributed by atoms with Crippen LogP contribution in [0.2, 0.25) is 0 Å². The van der Waals surface area contributed by atoms with Gasteiger partial charge >= 0.3 is 10.8 Å². The number of nitro groups is 1. The summed E-state index contributed by atoms with van der Waals surface area (Å²) < 4.78 is 29.7. The molecule has 1 aromatic rings. The summed E-state index contributed by atoms with van der Waals surface area (Å²) >= 11 is 0. The highest BCUT2D eigenvalue weighted by Gasteiger charge is 2.68. The van der Waals surface area contributed by atoms with Crippen LogP contribution in [0.15, 0.2) is 35.2 Å². The molecular formula is C11H12N2O6S. The lowest BCUT2D eigenvalue weighted by Crippen LogP contribution is -2.70. The summed E-state index contributed by atoms with van der Waals surface area (Å²) in [6, 6.07) is 7.14. The first kappa shape index (κ1) is 14.3. The Labute approximate surface area is 115 Å². The third kappa shape index (κ3) is 1.73. The zero-order valence-corrected chi connectivity index (χ0v) is 11.4. The molecule has 1 unspecified atom stereocenters. The van der Waals surface area contributed by atoms with E-state index in [0.717, 1.165) is 7.11 Å². The number of benzene rings is 1. The molecule has 108 valence electrons. The molecule has 0 bridgehead atoms. The molecule has 0 radical (unpaired) electrons. The van der Waals surface area contributed by atoms with Gasteiger partial charge in [0.1, 0.15) is 0 Å². The third-order valence-electron chi connectivity index (χ3n) is 3.28. The smallest absolute Gasteiger partial charge is 0.354 e. The highest BCUT2D eigenvalue weighted by Crippen LogP contribution is 2.40. The summed E-state index contributed by atoms with van der Waals surface area (Å²) in [6.07, 6.45) is -0.183. The van der Waals surface area contributed by atoms with Crippen LogP contribution >= 0.6 is 0 Å². The van der Waals surface area contributed by atoms with Crippen LogP contribution in [0, 0.1) is 10.1 Å². The van der Waals surface area contributed by atoms with Crippen LogP contribution in [-0.4, -0.2) is 43.0 Å². The van der Waals surface area contributed by atoms with E-state index in [4.69, 9.17) is 0 Å². The summed E-state index contributed by atoms with van der Waals surface area (Å²) in [4.78, 5) is 20.4. The van der Waals surface area contributed by atoms with Crippen molar-refractivity contribution in [3.05, 3.63) is 40.4 Å². The minimum Gasteiger partial charge on any atom is -0.466 e. The van der Waals surface area contributed by atoms with Crippen molar-refractivity contribution in [2.24, 2.45) is 0 Å². The molecule has 2 rings (SSSR count). The fourth-order valence-electron chi connectivity index (χ4n) is 2.17. The van der Waals surface area contributed by atoms with Gasteiger partial charge < -0.3 is 4.74 Å². The number of hydrazine groups is 1. The Hall–Kier alpha value is -2.16. The summed E-state index contributed by atoms with van der Waals surface area (Å²) in [7, 11) is -3.26. The van der Waals surface area contributed by atoms with Crippen LogP contribution in [0.4, 0.5) is 0 Å². The molecule has 0 spiro atoms. The van der Waals surface area contributed by atoms with Gasteiger partial charge in [0.15, 0.2) is 5.03 Å². The van der Waals surface area contributed by atoms with Crippen molar-refractivity contribution in [1.29, 1.82) is 0 Å². The predicted molar refractivity (Wildman–Crippen MR) is 66.7 cm³/mol. The molecular weight excluding hydrogens is 288 g/mol. The fraction of sp³-hybridized carbons (Fsp3) is 0.364. The summed E-state index contributed by atoms with van der Waals surface area (Å²) in [5.74, 6) is -1.15. The highest BCUT2D eigenvalue weighted by molar-refractivity contribution is 7.93. The van der Waals surface area contributed by atoms with Crippen molar-refractivity contribution in [2.75, 3.05) is 13.7 Å². The molecule has 0 aliphatic carbocycles. The fourth-order valence-corrected chi connectivity index (χ4v) is 4.18. The molecule has 1 aliphatic heterocycles. The summed E-state index contributed by atoms with van der Waals surface area (Å²) in [5, 5.41) is 10.5. The molecule has 1 atom stereocenters. The SMILES string of the molecule is COC(=O)C1(S(=O)(=O)c2ccccc2)CCN1[N+](=O)[O-]. The molecule has 20 heavy (non-hydrogen) atoms. The molecule has 1 heterocycles. The lowest BCUT2D eigenvalue weighted by Gasteiger charge is -2.42. The van der Waals surface area contributed by atoms with E-state index >= 15 is 0 Å². The topological polar surface area (TPSA) is 107 Å². The number of hydrogen-bond acceptors (Lipinski definition) is 6. The van der Waals surface area contributed by atoms with E-state index < -0.39 is 25.7 Å². The maximum Gasteiger partial charge on any atom is 0.354 e. The monoisotopic (exact) mass is 300 g/mol. The highest BCUT2D eigenvalue weighted by atomic mass is 32.2. The maximum absolute atomic E-state index is 12.6. The van der Waals surface area contributed by atoms with Crippen molar-refractivity contribution in [1.82, 2.24) is 5.01 Å². The summed E-state index contributed by atoms with van der Waals surface area (Å²) in [6.45, 7) is -0.131. The van der Waals surface area contributed by atoms with Crippen molar-refractivity contribution in [2.45, 2.75) is 16.2 Å². The van der Waals surface area contributed by atoms with E-state index in [9.17, 15) is 23.3 Å². The van der Waals surface area contributed by atoms with Gasteiger partial charge in [0.2, 0.25) is 9.84 Å². The number of carbonyl (C=O) groups excluding carboxylic acids is 1. The van der Waals surface area contributed by atoms with Crippen molar-refractivity contribution >= 4 is 15.8 Å². The van der Waals surface area contributed by atoms with Crippen LogP contribution in [0.5, 0.6) is 0 Å². The molecule has 0 amide bonds. The number of esters is 1. The van der Waals surface area contributed by atoms with Crippen LogP contribution < -0.4 is 0 Å². The first-order chi connectivity index (χ1) is 9.38. The third-order valence-corrected chi connectivity index (χ3v) is 5.64. The Balaban J connectivity index is 2.60. The van der Waals surface area contributed by atoms with Crippen LogP contribution in [0.25, 0.3) is 0 Å².